The molecule has 8 nitrogen and oxygen atoms in total. The molecule has 0 bridgehead atoms. The molecule has 1 aliphatic carbocycles. The van der Waals surface area contributed by atoms with E-state index in [4.69, 9.17) is 20.6 Å². The summed E-state index contributed by atoms with van der Waals surface area (Å²) in [4.78, 5) is 11.6. The third-order valence-electron chi connectivity index (χ3n) is 5.11. The van der Waals surface area contributed by atoms with Gasteiger partial charge in [-0.2, -0.15) is 0 Å². The predicted octanol–water partition coefficient (Wildman–Crippen LogP) is 1.77. The van der Waals surface area contributed by atoms with Crippen LogP contribution in [0.25, 0.3) is 0 Å². The number of halogens is 1. The predicted molar refractivity (Wildman–Crippen MR) is 126 cm³/mol. The number of aliphatic hydroxyl groups excluding tert-OH is 1. The first kappa shape index (κ1) is 25.5. The van der Waals surface area contributed by atoms with Crippen molar-refractivity contribution in [2.45, 2.75) is 37.8 Å². The van der Waals surface area contributed by atoms with Gasteiger partial charge in [0.2, 0.25) is 0 Å². The average Bonchev–Trinajstić information content (AvgIpc) is 2.96. The number of aryl methyl sites for hydroxylation is 1. The Kier molecular flexibility index (Phi) is 10.3. The van der Waals surface area contributed by atoms with E-state index in [9.17, 15) is 9.90 Å². The zero-order chi connectivity index (χ0) is 22.1. The van der Waals surface area contributed by atoms with Crippen molar-refractivity contribution in [2.24, 2.45) is 5.73 Å². The van der Waals surface area contributed by atoms with E-state index in [0.29, 0.717) is 12.3 Å². The maximum absolute atomic E-state index is 11.6. The van der Waals surface area contributed by atoms with Gasteiger partial charge in [0.05, 0.1) is 0 Å². The van der Waals surface area contributed by atoms with E-state index in [0.717, 1.165) is 31.4 Å². The van der Waals surface area contributed by atoms with E-state index in [2.05, 4.69) is 10.6 Å². The molecule has 174 valence electrons. The fourth-order valence-corrected chi connectivity index (χ4v) is 3.61. The van der Waals surface area contributed by atoms with Gasteiger partial charge in [-0.3, -0.25) is 15.5 Å². The summed E-state index contributed by atoms with van der Waals surface area (Å²) in [5.74, 6) is 0.485. The maximum Gasteiger partial charge on any atom is 0.264 e. The largest absolute Gasteiger partial charge is 0.491 e. The van der Waals surface area contributed by atoms with Crippen molar-refractivity contribution < 1.29 is 19.4 Å². The molecule has 0 aromatic heterocycles. The molecule has 1 aliphatic rings. The minimum absolute atomic E-state index is 0. The number of nitrogens with one attached hydrogen (secondary N) is 3. The fourth-order valence-electron chi connectivity index (χ4n) is 3.61. The SMILES string of the molecule is Cl.N=C(N)NC(=O)COc1ccc2c(c1)CC(NC[C@H](O)COc1ccccc1)CCC2. The van der Waals surface area contributed by atoms with Crippen molar-refractivity contribution in [2.75, 3.05) is 19.8 Å². The number of hydrogen-bond acceptors (Lipinski definition) is 6. The van der Waals surface area contributed by atoms with E-state index in [1.165, 1.54) is 11.1 Å². The number of benzene rings is 2. The van der Waals surface area contributed by atoms with Gasteiger partial charge in [-0.1, -0.05) is 24.3 Å². The molecule has 0 saturated heterocycles. The van der Waals surface area contributed by atoms with Gasteiger partial charge in [0.1, 0.15) is 24.2 Å². The summed E-state index contributed by atoms with van der Waals surface area (Å²) >= 11 is 0. The van der Waals surface area contributed by atoms with E-state index in [-0.39, 0.29) is 31.7 Å². The van der Waals surface area contributed by atoms with Crippen LogP contribution in [0.2, 0.25) is 0 Å². The first-order valence-electron chi connectivity index (χ1n) is 10.5. The highest BCUT2D eigenvalue weighted by Gasteiger charge is 2.18. The van der Waals surface area contributed by atoms with Crippen molar-refractivity contribution in [3.05, 3.63) is 59.7 Å². The van der Waals surface area contributed by atoms with Gasteiger partial charge >= 0.3 is 0 Å². The number of carbonyl (C=O) groups excluding carboxylic acids is 1. The molecule has 2 aromatic rings. The lowest BCUT2D eigenvalue weighted by molar-refractivity contribution is -0.121. The Morgan fingerprint density at radius 3 is 2.69 bits per heavy atom. The summed E-state index contributed by atoms with van der Waals surface area (Å²) < 4.78 is 11.2. The van der Waals surface area contributed by atoms with Gasteiger partial charge in [0.25, 0.3) is 5.91 Å². The first-order valence-corrected chi connectivity index (χ1v) is 10.5. The number of fused-ring (bicyclic) bond motifs is 1. The number of rotatable bonds is 9. The van der Waals surface area contributed by atoms with Gasteiger partial charge in [0.15, 0.2) is 12.6 Å². The Morgan fingerprint density at radius 2 is 1.94 bits per heavy atom. The minimum Gasteiger partial charge on any atom is -0.491 e. The number of amides is 1. The Bertz CT molecular complexity index is 882. The van der Waals surface area contributed by atoms with Crippen LogP contribution >= 0.6 is 12.4 Å². The zero-order valence-electron chi connectivity index (χ0n) is 17.9. The lowest BCUT2D eigenvalue weighted by Gasteiger charge is -2.20. The molecule has 0 saturated carbocycles. The van der Waals surface area contributed by atoms with Gasteiger partial charge in [-0.05, 0) is 61.1 Å². The molecule has 0 radical (unpaired) electrons. The molecule has 0 aliphatic heterocycles. The van der Waals surface area contributed by atoms with Crippen LogP contribution in [0.15, 0.2) is 48.5 Å². The highest BCUT2D eigenvalue weighted by molar-refractivity contribution is 5.95. The summed E-state index contributed by atoms with van der Waals surface area (Å²) in [6, 6.07) is 15.6. The summed E-state index contributed by atoms with van der Waals surface area (Å²) in [6.45, 7) is 0.489. The smallest absolute Gasteiger partial charge is 0.264 e. The zero-order valence-corrected chi connectivity index (χ0v) is 18.7. The van der Waals surface area contributed by atoms with Crippen LogP contribution in [-0.2, 0) is 17.6 Å². The topological polar surface area (TPSA) is 130 Å². The average molecular weight is 463 g/mol. The molecule has 3 rings (SSSR count). The third kappa shape index (κ3) is 8.37. The number of para-hydroxylation sites is 1. The van der Waals surface area contributed by atoms with Crippen LogP contribution in [0.3, 0.4) is 0 Å². The molecule has 0 spiro atoms. The lowest BCUT2D eigenvalue weighted by atomic mass is 10.0. The standard InChI is InChI=1S/C23H30N4O4.ClH/c24-23(25)27-22(29)15-31-21-10-9-16-5-4-6-18(11-17(16)12-21)26-13-19(28)14-30-20-7-2-1-3-8-20;/h1-3,7-10,12,18-19,26,28H,4-6,11,13-15H2,(H4,24,25,27,29);1H/t18?,19-;/m0./s1. The van der Waals surface area contributed by atoms with Crippen LogP contribution < -0.4 is 25.8 Å². The first-order chi connectivity index (χ1) is 15.0. The van der Waals surface area contributed by atoms with Crippen molar-refractivity contribution in [1.82, 2.24) is 10.6 Å². The number of guanidine groups is 1. The second-order valence-corrected chi connectivity index (χ2v) is 7.66. The van der Waals surface area contributed by atoms with Gasteiger partial charge < -0.3 is 25.6 Å². The molecule has 0 fully saturated rings. The van der Waals surface area contributed by atoms with Gasteiger partial charge in [-0.25, -0.2) is 0 Å². The van der Waals surface area contributed by atoms with Gasteiger partial charge in [-0.15, -0.1) is 12.4 Å². The minimum atomic E-state index is -0.600. The van der Waals surface area contributed by atoms with Crippen LogP contribution in [0.1, 0.15) is 24.0 Å². The highest BCUT2D eigenvalue weighted by atomic mass is 35.5. The Morgan fingerprint density at radius 1 is 1.16 bits per heavy atom. The van der Waals surface area contributed by atoms with Crippen LogP contribution in [0, 0.1) is 5.41 Å². The lowest BCUT2D eigenvalue weighted by Crippen LogP contribution is -2.39. The van der Waals surface area contributed by atoms with Crippen molar-refractivity contribution in [1.29, 1.82) is 5.41 Å². The van der Waals surface area contributed by atoms with E-state index < -0.39 is 18.0 Å². The third-order valence-corrected chi connectivity index (χ3v) is 5.11. The molecule has 9 heteroatoms. The van der Waals surface area contributed by atoms with Crippen molar-refractivity contribution in [3.8, 4) is 11.5 Å². The molecule has 6 N–H and O–H groups in total. The molecule has 1 unspecified atom stereocenters. The highest BCUT2D eigenvalue weighted by Crippen LogP contribution is 2.25. The van der Waals surface area contributed by atoms with E-state index in [1.807, 2.05) is 48.5 Å². The normalized spacial score (nSPS) is 16.0. The molecule has 2 aromatic carbocycles. The molecule has 32 heavy (non-hydrogen) atoms. The quantitative estimate of drug-likeness (QED) is 0.219. The number of nitrogens with two attached hydrogens (primary N) is 1. The fraction of sp³-hybridized carbons (Fsp3) is 0.391. The van der Waals surface area contributed by atoms with Crippen LogP contribution in [0.4, 0.5) is 0 Å². The molecular formula is C23H31ClN4O4. The van der Waals surface area contributed by atoms with Crippen molar-refractivity contribution >= 4 is 24.3 Å². The Hall–Kier alpha value is -2.81. The summed E-state index contributed by atoms with van der Waals surface area (Å²) in [5.41, 5.74) is 7.60. The van der Waals surface area contributed by atoms with Crippen LogP contribution in [0.5, 0.6) is 11.5 Å². The molecular weight excluding hydrogens is 432 g/mol. The summed E-state index contributed by atoms with van der Waals surface area (Å²) in [7, 11) is 0. The van der Waals surface area contributed by atoms with Gasteiger partial charge in [0, 0.05) is 12.6 Å². The van der Waals surface area contributed by atoms with E-state index in [1.54, 1.807) is 0 Å². The Labute approximate surface area is 194 Å². The Balaban J connectivity index is 0.00000363. The van der Waals surface area contributed by atoms with E-state index >= 15 is 0 Å². The number of carbonyl (C=O) groups is 1. The second kappa shape index (κ2) is 12.9. The summed E-state index contributed by atoms with van der Waals surface area (Å²) in [5, 5.41) is 23.0. The van der Waals surface area contributed by atoms with Crippen LogP contribution in [-0.4, -0.2) is 48.9 Å². The monoisotopic (exact) mass is 462 g/mol. The molecule has 0 heterocycles. The van der Waals surface area contributed by atoms with Crippen molar-refractivity contribution in [3.63, 3.8) is 0 Å². The number of aliphatic hydroxyl groups is 1. The molecule has 1 amide bonds. The maximum atomic E-state index is 11.6. The molecule has 2 atom stereocenters. The number of hydrogen-bond donors (Lipinski definition) is 5. The number of ether oxygens (including phenoxy) is 2. The summed E-state index contributed by atoms with van der Waals surface area (Å²) in [6.07, 6.45) is 3.27. The second-order valence-electron chi connectivity index (χ2n) is 7.66.